The smallest absolute Gasteiger partial charge is 0.243 e. The molecule has 106 valence electrons. The van der Waals surface area contributed by atoms with Gasteiger partial charge in [-0.25, -0.2) is 4.52 Å². The highest BCUT2D eigenvalue weighted by atomic mass is 79.9. The predicted octanol–water partition coefficient (Wildman–Crippen LogP) is 2.83. The molecule has 0 radical (unpaired) electrons. The van der Waals surface area contributed by atoms with Crippen molar-refractivity contribution in [2.45, 2.75) is 6.54 Å². The topological polar surface area (TPSA) is 60.7 Å². The molecule has 0 spiro atoms. The molecule has 1 aromatic carbocycles. The Balaban J connectivity index is 1.54. The summed E-state index contributed by atoms with van der Waals surface area (Å²) in [6.45, 7) is 0.902. The van der Waals surface area contributed by atoms with Crippen LogP contribution in [0.2, 0.25) is 0 Å². The predicted molar refractivity (Wildman–Crippen MR) is 80.6 cm³/mol. The number of fused-ring (bicyclic) bond motifs is 2. The maximum atomic E-state index is 5.36. The number of benzene rings is 1. The van der Waals surface area contributed by atoms with E-state index >= 15 is 0 Å². The van der Waals surface area contributed by atoms with Gasteiger partial charge in [-0.3, -0.25) is 0 Å². The molecule has 1 N–H and O–H groups in total. The van der Waals surface area contributed by atoms with Gasteiger partial charge in [0, 0.05) is 12.7 Å². The summed E-state index contributed by atoms with van der Waals surface area (Å²) < 4.78 is 13.3. The summed E-state index contributed by atoms with van der Waals surface area (Å²) in [6.07, 6.45) is 1.86. The largest absolute Gasteiger partial charge is 0.454 e. The molecule has 0 atom stereocenters. The standard InChI is InChI=1S/C14H11BrN4O2/c15-10-2-1-5-19-13(10)17-14(18-19)16-7-9-3-4-11-12(6-9)21-8-20-11/h1-6H,7-8H2,(H,16,18). The van der Waals surface area contributed by atoms with E-state index in [1.165, 1.54) is 0 Å². The Labute approximate surface area is 128 Å². The fraction of sp³-hybridized carbons (Fsp3) is 0.143. The van der Waals surface area contributed by atoms with Crippen LogP contribution in [0.4, 0.5) is 5.95 Å². The zero-order valence-electron chi connectivity index (χ0n) is 10.9. The van der Waals surface area contributed by atoms with E-state index in [9.17, 15) is 0 Å². The average molecular weight is 347 g/mol. The summed E-state index contributed by atoms with van der Waals surface area (Å²) >= 11 is 3.46. The SMILES string of the molecule is Brc1cccn2nc(NCc3ccc4c(c3)OCO4)nc12. The number of nitrogens with one attached hydrogen (secondary N) is 1. The van der Waals surface area contributed by atoms with Crippen molar-refractivity contribution in [3.05, 3.63) is 46.6 Å². The van der Waals surface area contributed by atoms with Crippen molar-refractivity contribution in [3.63, 3.8) is 0 Å². The molecule has 7 heteroatoms. The van der Waals surface area contributed by atoms with E-state index < -0.39 is 0 Å². The summed E-state index contributed by atoms with van der Waals surface area (Å²) in [5, 5.41) is 7.58. The monoisotopic (exact) mass is 346 g/mol. The van der Waals surface area contributed by atoms with E-state index in [-0.39, 0.29) is 6.79 Å². The van der Waals surface area contributed by atoms with Crippen molar-refractivity contribution >= 4 is 27.5 Å². The third-order valence-corrected chi connectivity index (χ3v) is 3.82. The first-order valence-corrected chi connectivity index (χ1v) is 7.22. The zero-order valence-corrected chi connectivity index (χ0v) is 12.5. The lowest BCUT2D eigenvalue weighted by atomic mass is 10.2. The number of halogens is 1. The van der Waals surface area contributed by atoms with Crippen LogP contribution in [-0.4, -0.2) is 21.4 Å². The third kappa shape index (κ3) is 2.29. The van der Waals surface area contributed by atoms with Crippen LogP contribution in [0.5, 0.6) is 11.5 Å². The van der Waals surface area contributed by atoms with Crippen LogP contribution < -0.4 is 14.8 Å². The molecular formula is C14H11BrN4O2. The lowest BCUT2D eigenvalue weighted by Gasteiger charge is -2.03. The van der Waals surface area contributed by atoms with Gasteiger partial charge in [0.15, 0.2) is 17.1 Å². The van der Waals surface area contributed by atoms with E-state index in [0.717, 1.165) is 27.2 Å². The van der Waals surface area contributed by atoms with E-state index in [4.69, 9.17) is 9.47 Å². The highest BCUT2D eigenvalue weighted by molar-refractivity contribution is 9.10. The summed E-state index contributed by atoms with van der Waals surface area (Å²) in [7, 11) is 0. The van der Waals surface area contributed by atoms with Crippen LogP contribution >= 0.6 is 15.9 Å². The van der Waals surface area contributed by atoms with Crippen molar-refractivity contribution in [1.29, 1.82) is 0 Å². The van der Waals surface area contributed by atoms with Crippen LogP contribution in [0.25, 0.3) is 5.65 Å². The maximum Gasteiger partial charge on any atom is 0.243 e. The molecule has 4 rings (SSSR count). The molecule has 0 fully saturated rings. The Morgan fingerprint density at radius 3 is 3.05 bits per heavy atom. The van der Waals surface area contributed by atoms with Crippen LogP contribution in [0.1, 0.15) is 5.56 Å². The minimum Gasteiger partial charge on any atom is -0.454 e. The van der Waals surface area contributed by atoms with Crippen LogP contribution in [0, 0.1) is 0 Å². The average Bonchev–Trinajstić information content (AvgIpc) is 3.11. The molecule has 0 amide bonds. The highest BCUT2D eigenvalue weighted by Crippen LogP contribution is 2.32. The van der Waals surface area contributed by atoms with Gasteiger partial charge < -0.3 is 14.8 Å². The molecule has 6 nitrogen and oxygen atoms in total. The Bertz CT molecular complexity index is 818. The van der Waals surface area contributed by atoms with Gasteiger partial charge in [0.1, 0.15) is 0 Å². The minimum absolute atomic E-state index is 0.286. The second kappa shape index (κ2) is 4.92. The number of pyridine rings is 1. The molecule has 0 bridgehead atoms. The lowest BCUT2D eigenvalue weighted by Crippen LogP contribution is -2.01. The van der Waals surface area contributed by atoms with Gasteiger partial charge in [-0.05, 0) is 45.8 Å². The number of hydrogen-bond donors (Lipinski definition) is 1. The fourth-order valence-electron chi connectivity index (χ4n) is 2.18. The van der Waals surface area contributed by atoms with Gasteiger partial charge in [0.25, 0.3) is 0 Å². The molecule has 1 aliphatic rings. The van der Waals surface area contributed by atoms with Crippen molar-refractivity contribution in [2.24, 2.45) is 0 Å². The number of nitrogens with zero attached hydrogens (tertiary/aromatic N) is 3. The maximum absolute atomic E-state index is 5.36. The first-order chi connectivity index (χ1) is 10.3. The van der Waals surface area contributed by atoms with Crippen LogP contribution in [-0.2, 0) is 6.54 Å². The molecule has 0 saturated carbocycles. The number of rotatable bonds is 3. The summed E-state index contributed by atoms with van der Waals surface area (Å²) in [5.74, 6) is 2.15. The quantitative estimate of drug-likeness (QED) is 0.790. The van der Waals surface area contributed by atoms with Crippen molar-refractivity contribution in [2.75, 3.05) is 12.1 Å². The van der Waals surface area contributed by atoms with Gasteiger partial charge in [0.2, 0.25) is 12.7 Å². The Morgan fingerprint density at radius 1 is 1.24 bits per heavy atom. The van der Waals surface area contributed by atoms with E-state index in [2.05, 4.69) is 31.3 Å². The van der Waals surface area contributed by atoms with Crippen LogP contribution in [0.3, 0.4) is 0 Å². The summed E-state index contributed by atoms with van der Waals surface area (Å²) in [4.78, 5) is 4.44. The number of anilines is 1. The molecule has 0 saturated heterocycles. The van der Waals surface area contributed by atoms with E-state index in [1.54, 1.807) is 4.52 Å². The van der Waals surface area contributed by atoms with Gasteiger partial charge in [-0.15, -0.1) is 5.10 Å². The van der Waals surface area contributed by atoms with E-state index in [1.807, 2.05) is 36.5 Å². The van der Waals surface area contributed by atoms with Gasteiger partial charge >= 0.3 is 0 Å². The number of ether oxygens (including phenoxy) is 2. The second-order valence-electron chi connectivity index (χ2n) is 4.60. The molecule has 21 heavy (non-hydrogen) atoms. The molecular weight excluding hydrogens is 336 g/mol. The lowest BCUT2D eigenvalue weighted by molar-refractivity contribution is 0.174. The number of hydrogen-bond acceptors (Lipinski definition) is 5. The van der Waals surface area contributed by atoms with Crippen molar-refractivity contribution in [1.82, 2.24) is 14.6 Å². The molecule has 0 unspecified atom stereocenters. The Hall–Kier alpha value is -2.28. The van der Waals surface area contributed by atoms with Gasteiger partial charge in [0.05, 0.1) is 4.47 Å². The number of aromatic nitrogens is 3. The van der Waals surface area contributed by atoms with Crippen molar-refractivity contribution in [3.8, 4) is 11.5 Å². The molecule has 0 aliphatic carbocycles. The van der Waals surface area contributed by atoms with Crippen LogP contribution in [0.15, 0.2) is 41.0 Å². The summed E-state index contributed by atoms with van der Waals surface area (Å²) in [5.41, 5.74) is 1.86. The fourth-order valence-corrected chi connectivity index (χ4v) is 2.60. The van der Waals surface area contributed by atoms with E-state index in [0.29, 0.717) is 12.5 Å². The molecule has 3 aromatic rings. The van der Waals surface area contributed by atoms with Gasteiger partial charge in [-0.2, -0.15) is 4.98 Å². The molecule has 2 aromatic heterocycles. The second-order valence-corrected chi connectivity index (χ2v) is 5.46. The third-order valence-electron chi connectivity index (χ3n) is 3.20. The normalized spacial score (nSPS) is 12.8. The molecule has 1 aliphatic heterocycles. The van der Waals surface area contributed by atoms with Crippen molar-refractivity contribution < 1.29 is 9.47 Å². The first-order valence-electron chi connectivity index (χ1n) is 6.43. The first kappa shape index (κ1) is 12.5. The zero-order chi connectivity index (χ0) is 14.2. The Morgan fingerprint density at radius 2 is 2.14 bits per heavy atom. The van der Waals surface area contributed by atoms with Gasteiger partial charge in [-0.1, -0.05) is 6.07 Å². The summed E-state index contributed by atoms with van der Waals surface area (Å²) in [6, 6.07) is 9.71. The minimum atomic E-state index is 0.286. The highest BCUT2D eigenvalue weighted by Gasteiger charge is 2.13. The Kier molecular flexibility index (Phi) is 2.92. The molecule has 3 heterocycles.